The summed E-state index contributed by atoms with van der Waals surface area (Å²) in [6.07, 6.45) is -0.600. The first-order valence-electron chi connectivity index (χ1n) is 5.92. The van der Waals surface area contributed by atoms with Crippen molar-refractivity contribution in [1.29, 1.82) is 0 Å². The van der Waals surface area contributed by atoms with Gasteiger partial charge in [-0.2, -0.15) is 0 Å². The van der Waals surface area contributed by atoms with Crippen molar-refractivity contribution in [3.63, 3.8) is 0 Å². The lowest BCUT2D eigenvalue weighted by Gasteiger charge is -2.30. The number of aliphatic hydroxyl groups excluding tert-OH is 1. The molecule has 5 heteroatoms. The smallest absolute Gasteiger partial charge is 0.220 e. The van der Waals surface area contributed by atoms with E-state index in [9.17, 15) is 14.7 Å². The molecule has 2 N–H and O–H groups in total. The minimum atomic E-state index is -0.829. The Kier molecular flexibility index (Phi) is 6.99. The van der Waals surface area contributed by atoms with Gasteiger partial charge in [-0.25, -0.2) is 0 Å². The van der Waals surface area contributed by atoms with Gasteiger partial charge in [0.2, 0.25) is 5.91 Å². The third-order valence-corrected chi connectivity index (χ3v) is 2.76. The number of likely N-dealkylation sites (N-methyl/N-ethyl adjacent to an activating group) is 1. The largest absolute Gasteiger partial charge is 0.391 e. The molecule has 0 fully saturated rings. The van der Waals surface area contributed by atoms with Crippen LogP contribution in [-0.2, 0) is 9.59 Å². The van der Waals surface area contributed by atoms with E-state index in [1.165, 1.54) is 6.92 Å². The van der Waals surface area contributed by atoms with E-state index in [-0.39, 0.29) is 24.0 Å². The fourth-order valence-corrected chi connectivity index (χ4v) is 1.90. The summed E-state index contributed by atoms with van der Waals surface area (Å²) in [6, 6.07) is -0.556. The van der Waals surface area contributed by atoms with Gasteiger partial charge in [0.15, 0.2) is 0 Å². The summed E-state index contributed by atoms with van der Waals surface area (Å²) < 4.78 is 0. The fourth-order valence-electron chi connectivity index (χ4n) is 1.90. The third kappa shape index (κ3) is 5.28. The van der Waals surface area contributed by atoms with E-state index in [1.807, 2.05) is 6.92 Å². The molecular formula is C12H24N2O3. The van der Waals surface area contributed by atoms with Crippen LogP contribution in [0.1, 0.15) is 27.2 Å². The molecule has 0 aliphatic heterocycles. The number of amides is 1. The van der Waals surface area contributed by atoms with Crippen LogP contribution >= 0.6 is 0 Å². The van der Waals surface area contributed by atoms with E-state index in [0.717, 1.165) is 0 Å². The fraction of sp³-hybridized carbons (Fsp3) is 0.833. The Hall–Kier alpha value is -0.940. The number of nitrogens with one attached hydrogen (secondary N) is 1. The van der Waals surface area contributed by atoms with Crippen LogP contribution in [0.3, 0.4) is 0 Å². The van der Waals surface area contributed by atoms with E-state index >= 15 is 0 Å². The SMILES string of the molecule is CCNC(=O)C[C@@H](C)C(O)[C@@H](C(C)=O)N(C)C. The second kappa shape index (κ2) is 7.40. The molecule has 5 nitrogen and oxygen atoms in total. The molecule has 0 saturated carbocycles. The van der Waals surface area contributed by atoms with Crippen LogP contribution < -0.4 is 5.32 Å². The molecule has 0 rings (SSSR count). The van der Waals surface area contributed by atoms with Gasteiger partial charge in [0, 0.05) is 13.0 Å². The van der Waals surface area contributed by atoms with E-state index in [1.54, 1.807) is 25.9 Å². The molecule has 0 bridgehead atoms. The van der Waals surface area contributed by atoms with Gasteiger partial charge in [-0.15, -0.1) is 0 Å². The Labute approximate surface area is 103 Å². The summed E-state index contributed by atoms with van der Waals surface area (Å²) in [5, 5.41) is 12.8. The molecule has 17 heavy (non-hydrogen) atoms. The zero-order chi connectivity index (χ0) is 13.6. The molecule has 3 atom stereocenters. The zero-order valence-corrected chi connectivity index (χ0v) is 11.4. The number of carbonyl (C=O) groups is 2. The molecule has 0 aliphatic carbocycles. The number of rotatable bonds is 7. The maximum Gasteiger partial charge on any atom is 0.220 e. The number of nitrogens with zero attached hydrogens (tertiary/aromatic N) is 1. The Morgan fingerprint density at radius 3 is 2.24 bits per heavy atom. The van der Waals surface area contributed by atoms with Crippen molar-refractivity contribution in [3.8, 4) is 0 Å². The third-order valence-electron chi connectivity index (χ3n) is 2.76. The highest BCUT2D eigenvalue weighted by Crippen LogP contribution is 2.15. The molecule has 100 valence electrons. The van der Waals surface area contributed by atoms with Crippen LogP contribution in [0.2, 0.25) is 0 Å². The Balaban J connectivity index is 4.50. The minimum Gasteiger partial charge on any atom is -0.391 e. The van der Waals surface area contributed by atoms with Crippen LogP contribution in [0.5, 0.6) is 0 Å². The summed E-state index contributed by atoms with van der Waals surface area (Å²) >= 11 is 0. The van der Waals surface area contributed by atoms with Crippen molar-refractivity contribution in [2.24, 2.45) is 5.92 Å². The normalized spacial score (nSPS) is 16.4. The lowest BCUT2D eigenvalue weighted by molar-refractivity contribution is -0.129. The molecule has 0 radical (unpaired) electrons. The molecule has 0 spiro atoms. The van der Waals surface area contributed by atoms with Gasteiger partial charge in [0.25, 0.3) is 0 Å². The van der Waals surface area contributed by atoms with Gasteiger partial charge in [0.05, 0.1) is 12.1 Å². The molecule has 1 unspecified atom stereocenters. The van der Waals surface area contributed by atoms with E-state index in [4.69, 9.17) is 0 Å². The van der Waals surface area contributed by atoms with Crippen molar-refractivity contribution in [1.82, 2.24) is 10.2 Å². The standard InChI is InChI=1S/C12H24N2O3/c1-6-13-10(16)7-8(2)12(17)11(9(3)15)14(4)5/h8,11-12,17H,6-7H2,1-5H3,(H,13,16)/t8-,11-,12?/m1/s1. The van der Waals surface area contributed by atoms with Gasteiger partial charge in [-0.1, -0.05) is 6.92 Å². The van der Waals surface area contributed by atoms with Crippen LogP contribution in [0, 0.1) is 5.92 Å². The maximum absolute atomic E-state index is 11.4. The highest BCUT2D eigenvalue weighted by molar-refractivity contribution is 5.82. The number of Topliss-reactive ketones (excluding diaryl/α,β-unsaturated/α-hetero) is 1. The molecule has 0 saturated heterocycles. The van der Waals surface area contributed by atoms with Gasteiger partial charge >= 0.3 is 0 Å². The highest BCUT2D eigenvalue weighted by atomic mass is 16.3. The predicted molar refractivity (Wildman–Crippen MR) is 66.6 cm³/mol. The molecule has 0 aliphatic rings. The van der Waals surface area contributed by atoms with Gasteiger partial charge in [-0.05, 0) is 33.9 Å². The Morgan fingerprint density at radius 2 is 1.88 bits per heavy atom. The quantitative estimate of drug-likeness (QED) is 0.663. The summed E-state index contributed by atoms with van der Waals surface area (Å²) in [6.45, 7) is 5.65. The Bertz CT molecular complexity index is 266. The Morgan fingerprint density at radius 1 is 1.35 bits per heavy atom. The van der Waals surface area contributed by atoms with Crippen molar-refractivity contribution in [2.75, 3.05) is 20.6 Å². The first kappa shape index (κ1) is 16.1. The van der Waals surface area contributed by atoms with Gasteiger partial charge in [0.1, 0.15) is 5.78 Å². The molecule has 0 aromatic rings. The van der Waals surface area contributed by atoms with Crippen molar-refractivity contribution < 1.29 is 14.7 Å². The lowest BCUT2D eigenvalue weighted by atomic mass is 9.92. The number of ketones is 1. The van der Waals surface area contributed by atoms with Crippen molar-refractivity contribution >= 4 is 11.7 Å². The van der Waals surface area contributed by atoms with Gasteiger partial charge in [-0.3, -0.25) is 14.5 Å². The number of aliphatic hydroxyl groups is 1. The number of hydrogen-bond donors (Lipinski definition) is 2. The maximum atomic E-state index is 11.4. The monoisotopic (exact) mass is 244 g/mol. The van der Waals surface area contributed by atoms with E-state index in [2.05, 4.69) is 5.32 Å². The van der Waals surface area contributed by atoms with Crippen LogP contribution in [-0.4, -0.2) is 54.5 Å². The molecule has 0 aromatic heterocycles. The zero-order valence-electron chi connectivity index (χ0n) is 11.4. The van der Waals surface area contributed by atoms with Crippen LogP contribution in [0.15, 0.2) is 0 Å². The van der Waals surface area contributed by atoms with Crippen molar-refractivity contribution in [3.05, 3.63) is 0 Å². The summed E-state index contributed by atoms with van der Waals surface area (Å²) in [5.74, 6) is -0.441. The number of hydrogen-bond acceptors (Lipinski definition) is 4. The second-order valence-electron chi connectivity index (χ2n) is 4.64. The van der Waals surface area contributed by atoms with E-state index in [0.29, 0.717) is 6.54 Å². The summed E-state index contributed by atoms with van der Waals surface area (Å²) in [7, 11) is 3.49. The minimum absolute atomic E-state index is 0.0924. The summed E-state index contributed by atoms with van der Waals surface area (Å²) in [5.41, 5.74) is 0. The lowest BCUT2D eigenvalue weighted by Crippen LogP contribution is -2.47. The topological polar surface area (TPSA) is 69.6 Å². The first-order valence-corrected chi connectivity index (χ1v) is 5.92. The number of carbonyl (C=O) groups excluding carboxylic acids is 2. The predicted octanol–water partition coefficient (Wildman–Crippen LogP) is 0.0288. The first-order chi connectivity index (χ1) is 7.81. The summed E-state index contributed by atoms with van der Waals surface area (Å²) in [4.78, 5) is 24.5. The van der Waals surface area contributed by atoms with Crippen molar-refractivity contribution in [2.45, 2.75) is 39.3 Å². The average molecular weight is 244 g/mol. The molecule has 0 heterocycles. The second-order valence-corrected chi connectivity index (χ2v) is 4.64. The molecule has 1 amide bonds. The van der Waals surface area contributed by atoms with E-state index < -0.39 is 12.1 Å². The average Bonchev–Trinajstić information content (AvgIpc) is 2.16. The van der Waals surface area contributed by atoms with Crippen LogP contribution in [0.25, 0.3) is 0 Å². The molecule has 0 aromatic carbocycles. The van der Waals surface area contributed by atoms with Crippen LogP contribution in [0.4, 0.5) is 0 Å². The molecular weight excluding hydrogens is 220 g/mol. The highest BCUT2D eigenvalue weighted by Gasteiger charge is 2.30. The van der Waals surface area contributed by atoms with Gasteiger partial charge < -0.3 is 10.4 Å².